The van der Waals surface area contributed by atoms with Gasteiger partial charge in [0.15, 0.2) is 5.78 Å². The van der Waals surface area contributed by atoms with Gasteiger partial charge in [-0.25, -0.2) is 9.18 Å². The van der Waals surface area contributed by atoms with Gasteiger partial charge in [0, 0.05) is 37.6 Å². The van der Waals surface area contributed by atoms with Crippen LogP contribution in [0.4, 0.5) is 36.4 Å². The number of nitriles is 1. The van der Waals surface area contributed by atoms with E-state index in [1.807, 2.05) is 4.90 Å². The predicted molar refractivity (Wildman–Crippen MR) is 162 cm³/mol. The largest absolute Gasteiger partial charge is 0.474 e. The van der Waals surface area contributed by atoms with Crippen molar-refractivity contribution >= 4 is 34.7 Å². The Hall–Kier alpha value is -4.49. The summed E-state index contributed by atoms with van der Waals surface area (Å²) in [4.78, 5) is 40.5. The van der Waals surface area contributed by atoms with Crippen LogP contribution in [0.2, 0.25) is 0 Å². The van der Waals surface area contributed by atoms with E-state index >= 15 is 0 Å². The molecule has 0 saturated carbocycles. The molecule has 1 amide bonds. The molecular weight excluding hydrogens is 669 g/mol. The number of amides is 1. The summed E-state index contributed by atoms with van der Waals surface area (Å²) in [5.41, 5.74) is -4.15. The highest BCUT2D eigenvalue weighted by Crippen LogP contribution is 2.43. The third-order valence-corrected chi connectivity index (χ3v) is 9.38. The number of carbonyl (C=O) groups excluding carboxylic acids is 2. The average Bonchev–Trinajstić information content (AvgIpc) is 3.34. The number of rotatable bonds is 8. The van der Waals surface area contributed by atoms with Crippen LogP contribution in [-0.4, -0.2) is 65.3 Å². The van der Waals surface area contributed by atoms with E-state index in [4.69, 9.17) is 5.11 Å². The fourth-order valence-corrected chi connectivity index (χ4v) is 6.62. The third-order valence-electron chi connectivity index (χ3n) is 8.17. The maximum Gasteiger partial charge on any atom is 0.416 e. The molecule has 1 aromatic heterocycles. The van der Waals surface area contributed by atoms with Crippen LogP contribution in [0.1, 0.15) is 46.5 Å². The molecule has 256 valence electrons. The summed E-state index contributed by atoms with van der Waals surface area (Å²) in [7, 11) is 0. The van der Waals surface area contributed by atoms with Crippen LogP contribution < -0.4 is 5.32 Å². The summed E-state index contributed by atoms with van der Waals surface area (Å²) in [6.07, 6.45) is -10.2. The highest BCUT2D eigenvalue weighted by atomic mass is 32.1. The minimum atomic E-state index is -5.11. The van der Waals surface area contributed by atoms with Gasteiger partial charge in [-0.2, -0.15) is 31.6 Å². The van der Waals surface area contributed by atoms with Gasteiger partial charge in [0.25, 0.3) is 0 Å². The monoisotopic (exact) mass is 698 g/mol. The van der Waals surface area contributed by atoms with Gasteiger partial charge in [0.1, 0.15) is 11.9 Å². The minimum absolute atomic E-state index is 0.0183. The Bertz CT molecular complexity index is 1750. The number of anilines is 1. The topological polar surface area (TPSA) is 114 Å². The van der Waals surface area contributed by atoms with Crippen molar-refractivity contribution < 1.29 is 50.2 Å². The SMILES string of the molecule is Cc1cc(F)ccc1-c1sc(CN2CCN(C(=O)C(=O)O)CC2)c(C#N)c1NCC(=O)C(C)(C)c1cc(C(F)(F)F)cc(C(F)(F)F)c1. The minimum Gasteiger partial charge on any atom is -0.474 e. The fourth-order valence-electron chi connectivity index (χ4n) is 5.26. The van der Waals surface area contributed by atoms with Crippen molar-refractivity contribution in [3.63, 3.8) is 0 Å². The number of piperazine rings is 1. The first-order valence-electron chi connectivity index (χ1n) is 14.4. The molecule has 0 aliphatic carbocycles. The molecule has 16 heteroatoms. The number of Topliss-reactive ketones (excluding diaryl/α,β-unsaturated/α-hetero) is 1. The van der Waals surface area contributed by atoms with Crippen LogP contribution >= 0.6 is 11.3 Å². The van der Waals surface area contributed by atoms with Crippen molar-refractivity contribution in [1.82, 2.24) is 9.80 Å². The summed E-state index contributed by atoms with van der Waals surface area (Å²) in [5, 5.41) is 22.1. The number of nitrogens with one attached hydrogen (secondary N) is 1. The van der Waals surface area contributed by atoms with Gasteiger partial charge in [-0.1, -0.05) is 6.07 Å². The molecule has 1 aliphatic heterocycles. The first-order chi connectivity index (χ1) is 22.2. The average molecular weight is 699 g/mol. The molecule has 8 nitrogen and oxygen atoms in total. The lowest BCUT2D eigenvalue weighted by molar-refractivity contribution is -0.156. The molecule has 1 aliphatic rings. The molecular formula is C32H29F7N4O4S. The van der Waals surface area contributed by atoms with Gasteiger partial charge in [-0.15, -0.1) is 11.3 Å². The van der Waals surface area contributed by atoms with Crippen LogP contribution in [0, 0.1) is 24.1 Å². The van der Waals surface area contributed by atoms with Crippen molar-refractivity contribution in [1.29, 1.82) is 5.26 Å². The number of carboxylic acid groups (broad SMARTS) is 1. The molecule has 2 aromatic carbocycles. The number of hydrogen-bond acceptors (Lipinski definition) is 7. The molecule has 1 fully saturated rings. The molecule has 0 bridgehead atoms. The zero-order valence-electron chi connectivity index (χ0n) is 25.8. The summed E-state index contributed by atoms with van der Waals surface area (Å²) >= 11 is 1.17. The maximum atomic E-state index is 14.0. The number of carbonyl (C=O) groups is 3. The molecule has 2 N–H and O–H groups in total. The van der Waals surface area contributed by atoms with Crippen molar-refractivity contribution in [3.8, 4) is 16.5 Å². The molecule has 1 saturated heterocycles. The molecule has 0 radical (unpaired) electrons. The van der Waals surface area contributed by atoms with Crippen molar-refractivity contribution in [3.05, 3.63) is 74.9 Å². The number of hydrogen-bond donors (Lipinski definition) is 2. The van der Waals surface area contributed by atoms with Gasteiger partial charge in [0.05, 0.1) is 39.2 Å². The first-order valence-corrected chi connectivity index (χ1v) is 15.2. The lowest BCUT2D eigenvalue weighted by atomic mass is 9.79. The van der Waals surface area contributed by atoms with E-state index in [2.05, 4.69) is 11.4 Å². The van der Waals surface area contributed by atoms with Gasteiger partial charge < -0.3 is 15.3 Å². The quantitative estimate of drug-likeness (QED) is 0.205. The number of alkyl halides is 6. The predicted octanol–water partition coefficient (Wildman–Crippen LogP) is 6.46. The third kappa shape index (κ3) is 7.79. The van der Waals surface area contributed by atoms with Crippen LogP contribution in [0.25, 0.3) is 10.4 Å². The van der Waals surface area contributed by atoms with Crippen LogP contribution in [0.15, 0.2) is 36.4 Å². The first kappa shape index (κ1) is 36.3. The Balaban J connectivity index is 1.67. The Morgan fingerprint density at radius 1 is 0.938 bits per heavy atom. The van der Waals surface area contributed by atoms with E-state index in [1.54, 1.807) is 6.92 Å². The standard InChI is InChI=1S/C32H29F7N4O4S/c1-17-10-21(33)4-5-22(17)27-26(23(14-40)24(48-27)16-42-6-8-43(9-7-42)28(45)29(46)47)41-15-25(44)30(2,3)18-11-19(31(34,35)36)13-20(12-18)32(37,38)39/h4-5,10-13,41H,6-9,15-16H2,1-3H3,(H,46,47). The smallest absolute Gasteiger partial charge is 0.416 e. The molecule has 4 rings (SSSR count). The van der Waals surface area contributed by atoms with E-state index in [1.165, 1.54) is 48.3 Å². The summed E-state index contributed by atoms with van der Waals surface area (Å²) in [6.45, 7) is 4.49. The second kappa shape index (κ2) is 13.6. The molecule has 0 spiro atoms. The highest BCUT2D eigenvalue weighted by Gasteiger charge is 2.40. The molecule has 0 unspecified atom stereocenters. The Kier molecular flexibility index (Phi) is 10.3. The molecule has 2 heterocycles. The van der Waals surface area contributed by atoms with Crippen LogP contribution in [0.3, 0.4) is 0 Å². The van der Waals surface area contributed by atoms with Crippen molar-refractivity contribution in [2.75, 3.05) is 38.0 Å². The van der Waals surface area contributed by atoms with Gasteiger partial charge in [-0.05, 0) is 67.8 Å². The van der Waals surface area contributed by atoms with Crippen LogP contribution in [0.5, 0.6) is 0 Å². The number of ketones is 1. The Morgan fingerprint density at radius 2 is 1.50 bits per heavy atom. The summed E-state index contributed by atoms with van der Waals surface area (Å²) in [6, 6.07) is 7.05. The number of carboxylic acids is 1. The van der Waals surface area contributed by atoms with Gasteiger partial charge in [-0.3, -0.25) is 14.5 Å². The summed E-state index contributed by atoms with van der Waals surface area (Å²) in [5.74, 6) is -3.90. The maximum absolute atomic E-state index is 14.0. The highest BCUT2D eigenvalue weighted by molar-refractivity contribution is 7.16. The number of aryl methyl sites for hydroxylation is 1. The van der Waals surface area contributed by atoms with E-state index in [-0.39, 0.29) is 37.0 Å². The lowest BCUT2D eigenvalue weighted by Gasteiger charge is -2.33. The van der Waals surface area contributed by atoms with E-state index < -0.39 is 64.5 Å². The fraction of sp³-hybridized carbons (Fsp3) is 0.375. The van der Waals surface area contributed by atoms with Crippen molar-refractivity contribution in [2.24, 2.45) is 0 Å². The van der Waals surface area contributed by atoms with E-state index in [0.29, 0.717) is 46.1 Å². The summed E-state index contributed by atoms with van der Waals surface area (Å²) < 4.78 is 95.2. The zero-order chi connectivity index (χ0) is 35.8. The molecule has 0 atom stereocenters. The molecule has 3 aromatic rings. The van der Waals surface area contributed by atoms with Gasteiger partial charge >= 0.3 is 24.2 Å². The van der Waals surface area contributed by atoms with Crippen LogP contribution in [-0.2, 0) is 38.7 Å². The van der Waals surface area contributed by atoms with Crippen molar-refractivity contribution in [2.45, 2.75) is 45.1 Å². The van der Waals surface area contributed by atoms with Gasteiger partial charge in [0.2, 0.25) is 0 Å². The number of aliphatic carboxylic acids is 1. The lowest BCUT2D eigenvalue weighted by Crippen LogP contribution is -2.50. The number of thiophene rings is 1. The Morgan fingerprint density at radius 3 is 2.00 bits per heavy atom. The molecule has 48 heavy (non-hydrogen) atoms. The number of benzene rings is 2. The number of nitrogens with zero attached hydrogens (tertiary/aromatic N) is 3. The normalized spacial score (nSPS) is 14.5. The second-order valence-corrected chi connectivity index (χ2v) is 12.9. The van der Waals surface area contributed by atoms with E-state index in [0.717, 1.165) is 0 Å². The zero-order valence-corrected chi connectivity index (χ0v) is 26.6. The van der Waals surface area contributed by atoms with E-state index in [9.17, 15) is 50.4 Å². The Labute approximate surface area is 274 Å². The number of halogens is 7. The second-order valence-electron chi connectivity index (χ2n) is 11.7.